The highest BCUT2D eigenvalue weighted by Gasteiger charge is 2.06. The predicted molar refractivity (Wildman–Crippen MR) is 47.8 cm³/mol. The lowest BCUT2D eigenvalue weighted by Gasteiger charge is -1.98. The Morgan fingerprint density at radius 1 is 1.31 bits per heavy atom. The summed E-state index contributed by atoms with van der Waals surface area (Å²) in [5.74, 6) is 0.610. The van der Waals surface area contributed by atoms with E-state index in [1.165, 1.54) is 0 Å². The molecule has 0 bridgehead atoms. The van der Waals surface area contributed by atoms with Crippen LogP contribution >= 0.6 is 0 Å². The minimum absolute atomic E-state index is 0.174. The van der Waals surface area contributed by atoms with E-state index in [1.54, 1.807) is 36.3 Å². The normalized spacial score (nSPS) is 8.92. The highest BCUT2D eigenvalue weighted by atomic mass is 16.4. The third kappa shape index (κ3) is 2.58. The van der Waals surface area contributed by atoms with E-state index >= 15 is 0 Å². The molecule has 3 nitrogen and oxygen atoms in total. The monoisotopic (exact) mass is 176 g/mol. The first-order valence-corrected chi connectivity index (χ1v) is 3.75. The van der Waals surface area contributed by atoms with Crippen LogP contribution in [0.3, 0.4) is 0 Å². The minimum Gasteiger partial charge on any atom is -0.481 e. The van der Waals surface area contributed by atoms with Crippen LogP contribution in [0, 0.1) is 0 Å². The highest BCUT2D eigenvalue weighted by Crippen LogP contribution is 2.13. The van der Waals surface area contributed by atoms with Gasteiger partial charge >= 0.3 is 5.97 Å². The van der Waals surface area contributed by atoms with E-state index in [1.807, 2.05) is 0 Å². The Morgan fingerprint density at radius 3 is 2.38 bits per heavy atom. The maximum absolute atomic E-state index is 10.4. The maximum atomic E-state index is 10.4. The van der Waals surface area contributed by atoms with E-state index in [-0.39, 0.29) is 12.0 Å². The summed E-state index contributed by atoms with van der Waals surface area (Å²) < 4.78 is 0. The number of carboxylic acids is 1. The Kier molecular flexibility index (Phi) is 3.01. The van der Waals surface area contributed by atoms with Gasteiger partial charge in [0.05, 0.1) is 12.0 Å². The van der Waals surface area contributed by atoms with Crippen molar-refractivity contribution in [2.24, 2.45) is 0 Å². The van der Waals surface area contributed by atoms with E-state index in [0.29, 0.717) is 5.56 Å². The molecular weight excluding hydrogens is 168 g/mol. The van der Waals surface area contributed by atoms with E-state index in [2.05, 4.69) is 0 Å². The van der Waals surface area contributed by atoms with Gasteiger partial charge in [0.1, 0.15) is 5.94 Å². The summed E-state index contributed by atoms with van der Waals surface area (Å²) in [6, 6.07) is 8.65. The Balaban J connectivity index is 2.93. The number of aliphatic carboxylic acids is 1. The molecule has 3 heteroatoms. The average molecular weight is 176 g/mol. The molecule has 0 fully saturated rings. The van der Waals surface area contributed by atoms with Crippen LogP contribution in [0.2, 0.25) is 0 Å². The number of benzene rings is 1. The second-order valence-corrected chi connectivity index (χ2v) is 2.52. The van der Waals surface area contributed by atoms with Crippen molar-refractivity contribution in [1.29, 1.82) is 0 Å². The molecule has 0 unspecified atom stereocenters. The molecule has 0 saturated carbocycles. The molecule has 0 aliphatic carbocycles. The summed E-state index contributed by atoms with van der Waals surface area (Å²) in [6.45, 7) is 0. The van der Waals surface area contributed by atoms with E-state index in [4.69, 9.17) is 5.11 Å². The molecule has 13 heavy (non-hydrogen) atoms. The summed E-state index contributed by atoms with van der Waals surface area (Å²) in [5.41, 5.74) is 0.785. The van der Waals surface area contributed by atoms with Crippen molar-refractivity contribution >= 4 is 17.5 Å². The second-order valence-electron chi connectivity index (χ2n) is 2.52. The zero-order valence-electron chi connectivity index (χ0n) is 6.86. The summed E-state index contributed by atoms with van der Waals surface area (Å²) in [6.07, 6.45) is -0.284. The van der Waals surface area contributed by atoms with E-state index in [9.17, 15) is 9.59 Å². The van der Waals surface area contributed by atoms with Crippen molar-refractivity contribution in [1.82, 2.24) is 0 Å². The lowest BCUT2D eigenvalue weighted by atomic mass is 10.1. The lowest BCUT2D eigenvalue weighted by Crippen LogP contribution is -1.97. The Labute approximate surface area is 75.3 Å². The molecule has 1 rings (SSSR count). The number of rotatable bonds is 3. The molecule has 0 spiro atoms. The third-order valence-electron chi connectivity index (χ3n) is 1.57. The highest BCUT2D eigenvalue weighted by molar-refractivity contribution is 5.95. The van der Waals surface area contributed by atoms with Crippen molar-refractivity contribution < 1.29 is 14.7 Å². The van der Waals surface area contributed by atoms with Crippen LogP contribution in [0.1, 0.15) is 12.0 Å². The maximum Gasteiger partial charge on any atom is 0.308 e. The molecule has 0 aliphatic rings. The van der Waals surface area contributed by atoms with Crippen LogP contribution in [0.5, 0.6) is 0 Å². The fraction of sp³-hybridized carbons (Fsp3) is 0.100. The zero-order valence-corrected chi connectivity index (χ0v) is 6.86. The third-order valence-corrected chi connectivity index (χ3v) is 1.57. The molecule has 1 aromatic rings. The van der Waals surface area contributed by atoms with Crippen LogP contribution in [-0.4, -0.2) is 17.0 Å². The van der Waals surface area contributed by atoms with E-state index < -0.39 is 5.97 Å². The quantitative estimate of drug-likeness (QED) is 0.708. The van der Waals surface area contributed by atoms with Gasteiger partial charge in [-0.15, -0.1) is 0 Å². The van der Waals surface area contributed by atoms with Crippen molar-refractivity contribution in [2.75, 3.05) is 0 Å². The second kappa shape index (κ2) is 4.24. The van der Waals surface area contributed by atoms with Gasteiger partial charge in [-0.25, -0.2) is 4.79 Å². The van der Waals surface area contributed by atoms with Gasteiger partial charge in [-0.3, -0.25) is 4.79 Å². The lowest BCUT2D eigenvalue weighted by molar-refractivity contribution is -0.135. The van der Waals surface area contributed by atoms with Crippen LogP contribution in [0.4, 0.5) is 0 Å². The van der Waals surface area contributed by atoms with Crippen LogP contribution in [0.25, 0.3) is 5.57 Å². The fourth-order valence-corrected chi connectivity index (χ4v) is 0.988. The summed E-state index contributed by atoms with van der Waals surface area (Å²) in [4.78, 5) is 20.8. The van der Waals surface area contributed by atoms with Crippen molar-refractivity contribution in [2.45, 2.75) is 6.42 Å². The van der Waals surface area contributed by atoms with Gasteiger partial charge in [-0.05, 0) is 5.56 Å². The summed E-state index contributed by atoms with van der Waals surface area (Å²) in [7, 11) is 0. The first-order chi connectivity index (χ1) is 6.24. The average Bonchev–Trinajstić information content (AvgIpc) is 2.15. The SMILES string of the molecule is O=C=C(CC(=O)O)c1ccccc1. The molecule has 1 N–H and O–H groups in total. The molecule has 0 aliphatic heterocycles. The van der Waals surface area contributed by atoms with Crippen LogP contribution in [-0.2, 0) is 9.59 Å². The first-order valence-electron chi connectivity index (χ1n) is 3.75. The summed E-state index contributed by atoms with van der Waals surface area (Å²) in [5, 5.41) is 8.48. The number of carbonyl (C=O) groups excluding carboxylic acids is 1. The standard InChI is InChI=1S/C10H8O3/c11-7-9(6-10(12)13)8-4-2-1-3-5-8/h1-5H,6H2,(H,12,13). The first kappa shape index (κ1) is 9.23. The van der Waals surface area contributed by atoms with Crippen LogP contribution in [0.15, 0.2) is 30.3 Å². The molecule has 0 aromatic heterocycles. The summed E-state index contributed by atoms with van der Waals surface area (Å²) >= 11 is 0. The van der Waals surface area contributed by atoms with Crippen molar-refractivity contribution in [3.05, 3.63) is 35.9 Å². The van der Waals surface area contributed by atoms with Crippen molar-refractivity contribution in [3.8, 4) is 0 Å². The number of hydrogen-bond donors (Lipinski definition) is 1. The molecule has 1 aromatic carbocycles. The van der Waals surface area contributed by atoms with Gasteiger partial charge in [0.15, 0.2) is 0 Å². The van der Waals surface area contributed by atoms with E-state index in [0.717, 1.165) is 0 Å². The largest absolute Gasteiger partial charge is 0.481 e. The minimum atomic E-state index is -1.03. The molecular formula is C10H8O3. The Hall–Kier alpha value is -1.86. The number of carboxylic acid groups (broad SMARTS) is 1. The molecule has 66 valence electrons. The number of carbonyl (C=O) groups is 1. The number of hydrogen-bond acceptors (Lipinski definition) is 2. The zero-order chi connectivity index (χ0) is 9.68. The van der Waals surface area contributed by atoms with Gasteiger partial charge in [0.25, 0.3) is 0 Å². The van der Waals surface area contributed by atoms with Gasteiger partial charge in [-0.2, -0.15) is 0 Å². The predicted octanol–water partition coefficient (Wildman–Crippen LogP) is 1.38. The van der Waals surface area contributed by atoms with Crippen molar-refractivity contribution in [3.63, 3.8) is 0 Å². The smallest absolute Gasteiger partial charge is 0.308 e. The molecule has 0 radical (unpaired) electrons. The topological polar surface area (TPSA) is 54.4 Å². The molecule has 0 amide bonds. The van der Waals surface area contributed by atoms with Gasteiger partial charge in [0.2, 0.25) is 0 Å². The fourth-order valence-electron chi connectivity index (χ4n) is 0.988. The van der Waals surface area contributed by atoms with Gasteiger partial charge in [0, 0.05) is 0 Å². The van der Waals surface area contributed by atoms with Gasteiger partial charge in [-0.1, -0.05) is 30.3 Å². The molecule has 0 saturated heterocycles. The Bertz CT molecular complexity index is 348. The molecule has 0 atom stereocenters. The molecule has 0 heterocycles. The van der Waals surface area contributed by atoms with Gasteiger partial charge < -0.3 is 5.11 Å². The Morgan fingerprint density at radius 2 is 1.92 bits per heavy atom. The van der Waals surface area contributed by atoms with Crippen LogP contribution < -0.4 is 0 Å².